The highest BCUT2D eigenvalue weighted by molar-refractivity contribution is 4.70. The van der Waals surface area contributed by atoms with E-state index in [0.29, 0.717) is 6.04 Å². The molecule has 0 aromatic carbocycles. The number of hydrogen-bond donors (Lipinski definition) is 2. The zero-order chi connectivity index (χ0) is 12.4. The lowest BCUT2D eigenvalue weighted by Gasteiger charge is -2.21. The second-order valence-electron chi connectivity index (χ2n) is 5.88. The SMILES string of the molecule is CCCCCC(C)NCCCNC(C)(C)C. The van der Waals surface area contributed by atoms with Crippen molar-refractivity contribution >= 4 is 0 Å². The quantitative estimate of drug-likeness (QED) is 0.592. The third-order valence-corrected chi connectivity index (χ3v) is 2.74. The van der Waals surface area contributed by atoms with Crippen LogP contribution in [0.3, 0.4) is 0 Å². The summed E-state index contributed by atoms with van der Waals surface area (Å²) < 4.78 is 0. The minimum Gasteiger partial charge on any atom is -0.314 e. The highest BCUT2D eigenvalue weighted by Gasteiger charge is 2.07. The van der Waals surface area contributed by atoms with Crippen LogP contribution in [0.25, 0.3) is 0 Å². The average Bonchev–Trinajstić information content (AvgIpc) is 2.16. The van der Waals surface area contributed by atoms with Crippen molar-refractivity contribution in [2.75, 3.05) is 13.1 Å². The molecule has 0 aliphatic carbocycles. The molecule has 2 nitrogen and oxygen atoms in total. The van der Waals surface area contributed by atoms with Gasteiger partial charge in [0.05, 0.1) is 0 Å². The Balaban J connectivity index is 3.24. The zero-order valence-electron chi connectivity index (χ0n) is 12.0. The van der Waals surface area contributed by atoms with Crippen molar-refractivity contribution in [2.45, 2.75) is 78.3 Å². The Labute approximate surface area is 103 Å². The van der Waals surface area contributed by atoms with Crippen LogP contribution in [0.1, 0.15) is 66.7 Å². The van der Waals surface area contributed by atoms with Gasteiger partial charge in [0.15, 0.2) is 0 Å². The van der Waals surface area contributed by atoms with E-state index < -0.39 is 0 Å². The summed E-state index contributed by atoms with van der Waals surface area (Å²) >= 11 is 0. The molecule has 0 amide bonds. The van der Waals surface area contributed by atoms with Crippen LogP contribution in [0.15, 0.2) is 0 Å². The second kappa shape index (κ2) is 9.00. The molecule has 0 bridgehead atoms. The maximum absolute atomic E-state index is 3.59. The fourth-order valence-corrected chi connectivity index (χ4v) is 1.70. The van der Waals surface area contributed by atoms with E-state index in [1.54, 1.807) is 0 Å². The van der Waals surface area contributed by atoms with Gasteiger partial charge in [-0.3, -0.25) is 0 Å². The Morgan fingerprint density at radius 2 is 1.69 bits per heavy atom. The molecular formula is C14H32N2. The summed E-state index contributed by atoms with van der Waals surface area (Å²) in [6, 6.07) is 0.682. The standard InChI is InChI=1S/C14H32N2/c1-6-7-8-10-13(2)15-11-9-12-16-14(3,4)5/h13,15-16H,6-12H2,1-5H3. The van der Waals surface area contributed by atoms with Gasteiger partial charge in [-0.15, -0.1) is 0 Å². The Hall–Kier alpha value is -0.0800. The minimum atomic E-state index is 0.257. The molecule has 0 aliphatic heterocycles. The van der Waals surface area contributed by atoms with Crippen molar-refractivity contribution in [3.8, 4) is 0 Å². The lowest BCUT2D eigenvalue weighted by molar-refractivity contribution is 0.409. The summed E-state index contributed by atoms with van der Waals surface area (Å²) in [5.74, 6) is 0. The highest BCUT2D eigenvalue weighted by Crippen LogP contribution is 2.02. The molecule has 0 heterocycles. The molecule has 1 unspecified atom stereocenters. The van der Waals surface area contributed by atoms with Gasteiger partial charge in [0.2, 0.25) is 0 Å². The molecule has 0 saturated heterocycles. The van der Waals surface area contributed by atoms with Crippen LogP contribution in [-0.4, -0.2) is 24.7 Å². The van der Waals surface area contributed by atoms with E-state index in [4.69, 9.17) is 0 Å². The molecular weight excluding hydrogens is 196 g/mol. The van der Waals surface area contributed by atoms with Crippen LogP contribution in [0.5, 0.6) is 0 Å². The van der Waals surface area contributed by atoms with Crippen molar-refractivity contribution in [1.29, 1.82) is 0 Å². The van der Waals surface area contributed by atoms with E-state index in [1.807, 2.05) is 0 Å². The van der Waals surface area contributed by atoms with Crippen LogP contribution in [0.4, 0.5) is 0 Å². The zero-order valence-corrected chi connectivity index (χ0v) is 12.0. The predicted molar refractivity (Wildman–Crippen MR) is 74.0 cm³/mol. The Morgan fingerprint density at radius 1 is 1.00 bits per heavy atom. The topological polar surface area (TPSA) is 24.1 Å². The van der Waals surface area contributed by atoms with E-state index in [-0.39, 0.29) is 5.54 Å². The minimum absolute atomic E-state index is 0.257. The van der Waals surface area contributed by atoms with Gasteiger partial charge < -0.3 is 10.6 Å². The normalized spacial score (nSPS) is 14.1. The smallest absolute Gasteiger partial charge is 0.00965 e. The molecule has 0 rings (SSSR count). The van der Waals surface area contributed by atoms with Crippen LogP contribution >= 0.6 is 0 Å². The Bertz CT molecular complexity index is 149. The molecule has 0 aromatic heterocycles. The van der Waals surface area contributed by atoms with Crippen LogP contribution < -0.4 is 10.6 Å². The number of hydrogen-bond acceptors (Lipinski definition) is 2. The third-order valence-electron chi connectivity index (χ3n) is 2.74. The summed E-state index contributed by atoms with van der Waals surface area (Å²) in [4.78, 5) is 0. The van der Waals surface area contributed by atoms with Crippen molar-refractivity contribution in [3.63, 3.8) is 0 Å². The first-order chi connectivity index (χ1) is 7.45. The van der Waals surface area contributed by atoms with Gasteiger partial charge in [-0.25, -0.2) is 0 Å². The summed E-state index contributed by atoms with van der Waals surface area (Å²) in [7, 11) is 0. The van der Waals surface area contributed by atoms with Crippen LogP contribution in [-0.2, 0) is 0 Å². The van der Waals surface area contributed by atoms with E-state index in [0.717, 1.165) is 13.1 Å². The highest BCUT2D eigenvalue weighted by atomic mass is 15.0. The Kier molecular flexibility index (Phi) is 8.96. The van der Waals surface area contributed by atoms with Gasteiger partial charge in [-0.2, -0.15) is 0 Å². The largest absolute Gasteiger partial charge is 0.314 e. The Morgan fingerprint density at radius 3 is 2.25 bits per heavy atom. The maximum Gasteiger partial charge on any atom is 0.00965 e. The average molecular weight is 228 g/mol. The van der Waals surface area contributed by atoms with Crippen LogP contribution in [0, 0.1) is 0 Å². The monoisotopic (exact) mass is 228 g/mol. The summed E-state index contributed by atoms with van der Waals surface area (Å²) in [5, 5.41) is 7.10. The molecule has 2 heteroatoms. The number of unbranched alkanes of at least 4 members (excludes halogenated alkanes) is 2. The second-order valence-corrected chi connectivity index (χ2v) is 5.88. The molecule has 0 aromatic rings. The summed E-state index contributed by atoms with van der Waals surface area (Å²) in [6.07, 6.45) is 6.60. The third kappa shape index (κ3) is 12.0. The molecule has 2 N–H and O–H groups in total. The van der Waals surface area contributed by atoms with Gasteiger partial charge in [-0.1, -0.05) is 26.2 Å². The van der Waals surface area contributed by atoms with Crippen molar-refractivity contribution in [2.24, 2.45) is 0 Å². The van der Waals surface area contributed by atoms with Crippen molar-refractivity contribution in [3.05, 3.63) is 0 Å². The lowest BCUT2D eigenvalue weighted by Crippen LogP contribution is -2.38. The molecule has 16 heavy (non-hydrogen) atoms. The van der Waals surface area contributed by atoms with E-state index in [2.05, 4.69) is 45.3 Å². The number of rotatable bonds is 9. The molecule has 0 spiro atoms. The van der Waals surface area contributed by atoms with E-state index in [1.165, 1.54) is 32.1 Å². The molecule has 0 radical (unpaired) electrons. The van der Waals surface area contributed by atoms with Gasteiger partial charge in [0.1, 0.15) is 0 Å². The van der Waals surface area contributed by atoms with E-state index >= 15 is 0 Å². The fourth-order valence-electron chi connectivity index (χ4n) is 1.70. The first-order valence-electron chi connectivity index (χ1n) is 6.94. The molecule has 0 aliphatic rings. The summed E-state index contributed by atoms with van der Waals surface area (Å²) in [6.45, 7) is 13.5. The van der Waals surface area contributed by atoms with Gasteiger partial charge in [-0.05, 0) is 53.6 Å². The van der Waals surface area contributed by atoms with Gasteiger partial charge in [0.25, 0.3) is 0 Å². The lowest BCUT2D eigenvalue weighted by atomic mass is 10.1. The molecule has 0 fully saturated rings. The van der Waals surface area contributed by atoms with Crippen molar-refractivity contribution < 1.29 is 0 Å². The van der Waals surface area contributed by atoms with Crippen molar-refractivity contribution in [1.82, 2.24) is 10.6 Å². The maximum atomic E-state index is 3.59. The summed E-state index contributed by atoms with van der Waals surface area (Å²) in [5.41, 5.74) is 0.257. The first-order valence-corrected chi connectivity index (χ1v) is 6.94. The first kappa shape index (κ1) is 15.9. The molecule has 0 saturated carbocycles. The predicted octanol–water partition coefficient (Wildman–Crippen LogP) is 3.32. The van der Waals surface area contributed by atoms with E-state index in [9.17, 15) is 0 Å². The van der Waals surface area contributed by atoms with Gasteiger partial charge in [0, 0.05) is 11.6 Å². The van der Waals surface area contributed by atoms with Crippen LogP contribution in [0.2, 0.25) is 0 Å². The molecule has 1 atom stereocenters. The number of nitrogens with one attached hydrogen (secondary N) is 2. The molecule has 98 valence electrons. The fraction of sp³-hybridized carbons (Fsp3) is 1.00. The van der Waals surface area contributed by atoms with Gasteiger partial charge >= 0.3 is 0 Å².